The molecule has 0 aliphatic carbocycles. The van der Waals surface area contributed by atoms with Crippen molar-refractivity contribution in [1.82, 2.24) is 0 Å². The fraction of sp³-hybridized carbons (Fsp3) is 0.133. The number of anilines is 2. The summed E-state index contributed by atoms with van der Waals surface area (Å²) in [5.41, 5.74) is 7.55. The van der Waals surface area contributed by atoms with Crippen molar-refractivity contribution in [1.29, 1.82) is 0 Å². The van der Waals surface area contributed by atoms with E-state index in [1.807, 2.05) is 6.92 Å². The highest BCUT2D eigenvalue weighted by molar-refractivity contribution is 6.04. The van der Waals surface area contributed by atoms with Gasteiger partial charge in [-0.25, -0.2) is 0 Å². The molecule has 0 fully saturated rings. The summed E-state index contributed by atoms with van der Waals surface area (Å²) in [6.45, 7) is 2.53. The van der Waals surface area contributed by atoms with Crippen LogP contribution in [0.1, 0.15) is 17.3 Å². The molecule has 0 heterocycles. The molecule has 2 rings (SSSR count). The number of benzene rings is 2. The van der Waals surface area contributed by atoms with E-state index in [0.29, 0.717) is 23.5 Å². The maximum atomic E-state index is 12.0. The van der Waals surface area contributed by atoms with Crippen LogP contribution in [0.2, 0.25) is 0 Å². The Morgan fingerprint density at radius 1 is 1.11 bits per heavy atom. The Balaban J connectivity index is 2.05. The van der Waals surface area contributed by atoms with Crippen LogP contribution in [-0.2, 0) is 0 Å². The first-order chi connectivity index (χ1) is 9.19. The highest BCUT2D eigenvalue weighted by atomic mass is 16.5. The van der Waals surface area contributed by atoms with E-state index in [1.54, 1.807) is 48.5 Å². The molecule has 3 N–H and O–H groups in total. The molecule has 0 radical (unpaired) electrons. The van der Waals surface area contributed by atoms with Crippen LogP contribution in [0.15, 0.2) is 48.5 Å². The first-order valence-corrected chi connectivity index (χ1v) is 6.09. The maximum Gasteiger partial charge on any atom is 0.255 e. The van der Waals surface area contributed by atoms with E-state index in [4.69, 9.17) is 10.5 Å². The number of carbonyl (C=O) groups is 1. The van der Waals surface area contributed by atoms with Gasteiger partial charge < -0.3 is 15.8 Å². The molecule has 0 saturated heterocycles. The van der Waals surface area contributed by atoms with Crippen LogP contribution < -0.4 is 15.8 Å². The second-order valence-corrected chi connectivity index (χ2v) is 4.03. The summed E-state index contributed by atoms with van der Waals surface area (Å²) in [6.07, 6.45) is 0. The van der Waals surface area contributed by atoms with Gasteiger partial charge in [0.1, 0.15) is 5.75 Å². The van der Waals surface area contributed by atoms with E-state index >= 15 is 0 Å². The summed E-state index contributed by atoms with van der Waals surface area (Å²) < 4.78 is 5.33. The fourth-order valence-corrected chi connectivity index (χ4v) is 1.64. The van der Waals surface area contributed by atoms with Crippen molar-refractivity contribution < 1.29 is 9.53 Å². The monoisotopic (exact) mass is 256 g/mol. The normalized spacial score (nSPS) is 9.95. The van der Waals surface area contributed by atoms with Crippen molar-refractivity contribution in [3.05, 3.63) is 54.1 Å². The molecular formula is C15H16N2O2. The van der Waals surface area contributed by atoms with E-state index in [-0.39, 0.29) is 5.91 Å². The second kappa shape index (κ2) is 5.91. The van der Waals surface area contributed by atoms with Crippen LogP contribution in [-0.4, -0.2) is 12.5 Å². The zero-order valence-electron chi connectivity index (χ0n) is 10.7. The highest BCUT2D eigenvalue weighted by Crippen LogP contribution is 2.15. The Labute approximate surface area is 112 Å². The fourth-order valence-electron chi connectivity index (χ4n) is 1.64. The number of hydrogen-bond acceptors (Lipinski definition) is 3. The van der Waals surface area contributed by atoms with Crippen LogP contribution in [0.4, 0.5) is 11.4 Å². The van der Waals surface area contributed by atoms with Gasteiger partial charge in [-0.1, -0.05) is 0 Å². The zero-order valence-corrected chi connectivity index (χ0v) is 10.7. The molecule has 0 aromatic heterocycles. The lowest BCUT2D eigenvalue weighted by atomic mass is 10.2. The largest absolute Gasteiger partial charge is 0.494 e. The van der Waals surface area contributed by atoms with Gasteiger partial charge in [0.05, 0.1) is 6.61 Å². The number of nitrogens with one attached hydrogen (secondary N) is 1. The Bertz CT molecular complexity index is 547. The molecule has 19 heavy (non-hydrogen) atoms. The maximum absolute atomic E-state index is 12.0. The average molecular weight is 256 g/mol. The molecule has 0 bridgehead atoms. The Morgan fingerprint density at radius 3 is 2.32 bits per heavy atom. The van der Waals surface area contributed by atoms with Gasteiger partial charge in [0.15, 0.2) is 0 Å². The number of hydrogen-bond donors (Lipinski definition) is 2. The summed E-state index contributed by atoms with van der Waals surface area (Å²) in [5.74, 6) is 0.597. The minimum absolute atomic E-state index is 0.159. The third-order valence-corrected chi connectivity index (χ3v) is 2.60. The first-order valence-electron chi connectivity index (χ1n) is 6.09. The van der Waals surface area contributed by atoms with Gasteiger partial charge in [-0.2, -0.15) is 0 Å². The van der Waals surface area contributed by atoms with Crippen LogP contribution in [0.3, 0.4) is 0 Å². The van der Waals surface area contributed by atoms with E-state index in [0.717, 1.165) is 5.75 Å². The molecule has 4 heteroatoms. The topological polar surface area (TPSA) is 64.3 Å². The van der Waals surface area contributed by atoms with Crippen molar-refractivity contribution in [2.24, 2.45) is 0 Å². The van der Waals surface area contributed by atoms with Gasteiger partial charge in [0.2, 0.25) is 0 Å². The van der Waals surface area contributed by atoms with Gasteiger partial charge in [-0.15, -0.1) is 0 Å². The number of nitrogens with two attached hydrogens (primary N) is 1. The minimum atomic E-state index is -0.159. The minimum Gasteiger partial charge on any atom is -0.494 e. The number of carbonyl (C=O) groups excluding carboxylic acids is 1. The second-order valence-electron chi connectivity index (χ2n) is 4.03. The lowest BCUT2D eigenvalue weighted by Crippen LogP contribution is -2.11. The smallest absolute Gasteiger partial charge is 0.255 e. The van der Waals surface area contributed by atoms with Crippen LogP contribution in [0, 0.1) is 0 Å². The van der Waals surface area contributed by atoms with E-state index < -0.39 is 0 Å². The first kappa shape index (κ1) is 13.0. The predicted octanol–water partition coefficient (Wildman–Crippen LogP) is 2.92. The molecule has 0 aliphatic heterocycles. The quantitative estimate of drug-likeness (QED) is 0.827. The third-order valence-electron chi connectivity index (χ3n) is 2.60. The highest BCUT2D eigenvalue weighted by Gasteiger charge is 2.06. The average Bonchev–Trinajstić information content (AvgIpc) is 2.42. The van der Waals surface area contributed by atoms with E-state index in [2.05, 4.69) is 5.32 Å². The van der Waals surface area contributed by atoms with Crippen LogP contribution in [0.25, 0.3) is 0 Å². The lowest BCUT2D eigenvalue weighted by molar-refractivity contribution is 0.102. The Hall–Kier alpha value is -2.49. The standard InChI is InChI=1S/C15H16N2O2/c1-2-19-14-9-3-11(4-10-14)15(18)17-13-7-5-12(16)6-8-13/h3-10H,2,16H2,1H3,(H,17,18). The van der Waals surface area contributed by atoms with E-state index in [1.165, 1.54) is 0 Å². The van der Waals surface area contributed by atoms with Crippen molar-refractivity contribution >= 4 is 17.3 Å². The van der Waals surface area contributed by atoms with Gasteiger partial charge in [-0.05, 0) is 55.5 Å². The molecule has 4 nitrogen and oxygen atoms in total. The summed E-state index contributed by atoms with van der Waals surface area (Å²) in [4.78, 5) is 12.0. The molecule has 0 saturated carbocycles. The lowest BCUT2D eigenvalue weighted by Gasteiger charge is -2.07. The van der Waals surface area contributed by atoms with Crippen molar-refractivity contribution in [2.45, 2.75) is 6.92 Å². The molecular weight excluding hydrogens is 240 g/mol. The summed E-state index contributed by atoms with van der Waals surface area (Å²) >= 11 is 0. The van der Waals surface area contributed by atoms with E-state index in [9.17, 15) is 4.79 Å². The molecule has 0 unspecified atom stereocenters. The summed E-state index contributed by atoms with van der Waals surface area (Å²) in [6, 6.07) is 14.0. The third kappa shape index (κ3) is 3.48. The SMILES string of the molecule is CCOc1ccc(C(=O)Nc2ccc(N)cc2)cc1. The van der Waals surface area contributed by atoms with Gasteiger partial charge in [-0.3, -0.25) is 4.79 Å². The molecule has 0 spiro atoms. The van der Waals surface area contributed by atoms with Gasteiger partial charge in [0, 0.05) is 16.9 Å². The molecule has 1 amide bonds. The number of nitrogen functional groups attached to an aromatic ring is 1. The van der Waals surface area contributed by atoms with Crippen LogP contribution >= 0.6 is 0 Å². The summed E-state index contributed by atoms with van der Waals surface area (Å²) in [7, 11) is 0. The molecule has 2 aromatic carbocycles. The number of rotatable bonds is 4. The molecule has 2 aromatic rings. The van der Waals surface area contributed by atoms with Crippen molar-refractivity contribution in [3.8, 4) is 5.75 Å². The van der Waals surface area contributed by atoms with Crippen LogP contribution in [0.5, 0.6) is 5.75 Å². The number of amides is 1. The van der Waals surface area contributed by atoms with Crippen molar-refractivity contribution in [2.75, 3.05) is 17.7 Å². The molecule has 0 atom stereocenters. The summed E-state index contributed by atoms with van der Waals surface area (Å²) in [5, 5.41) is 2.80. The Kier molecular flexibility index (Phi) is 4.03. The zero-order chi connectivity index (χ0) is 13.7. The van der Waals surface area contributed by atoms with Gasteiger partial charge in [0.25, 0.3) is 5.91 Å². The Morgan fingerprint density at radius 2 is 1.74 bits per heavy atom. The molecule has 98 valence electrons. The number of ether oxygens (including phenoxy) is 1. The van der Waals surface area contributed by atoms with Crippen molar-refractivity contribution in [3.63, 3.8) is 0 Å². The van der Waals surface area contributed by atoms with Gasteiger partial charge >= 0.3 is 0 Å². The molecule has 0 aliphatic rings. The predicted molar refractivity (Wildman–Crippen MR) is 76.4 cm³/mol.